The molecule has 1 aliphatic heterocycles. The number of amides is 2. The molecule has 1 aromatic heterocycles. The number of rotatable bonds is 2. The fraction of sp³-hybridized carbons (Fsp3) is 0.500. The van der Waals surface area contributed by atoms with Crippen LogP contribution in [-0.4, -0.2) is 25.2 Å². The minimum absolute atomic E-state index is 0.228. The first kappa shape index (κ1) is 11.3. The SMILES string of the molecule is O=C(Nc1ccc(Cl)o1)NC1CCNCC1. The van der Waals surface area contributed by atoms with Gasteiger partial charge in [-0.3, -0.25) is 5.32 Å². The van der Waals surface area contributed by atoms with Crippen LogP contribution in [0.4, 0.5) is 10.7 Å². The Kier molecular flexibility index (Phi) is 3.69. The minimum atomic E-state index is -0.252. The van der Waals surface area contributed by atoms with E-state index in [9.17, 15) is 4.79 Å². The van der Waals surface area contributed by atoms with Crippen LogP contribution in [0.3, 0.4) is 0 Å². The lowest BCUT2D eigenvalue weighted by Gasteiger charge is -2.23. The van der Waals surface area contributed by atoms with Crippen LogP contribution in [0.15, 0.2) is 16.5 Å². The first-order chi connectivity index (χ1) is 7.74. The van der Waals surface area contributed by atoms with Gasteiger partial charge >= 0.3 is 6.03 Å². The lowest BCUT2D eigenvalue weighted by atomic mass is 10.1. The van der Waals surface area contributed by atoms with Crippen LogP contribution in [0.1, 0.15) is 12.8 Å². The average Bonchev–Trinajstić information content (AvgIpc) is 2.65. The van der Waals surface area contributed by atoms with E-state index in [2.05, 4.69) is 16.0 Å². The van der Waals surface area contributed by atoms with Gasteiger partial charge in [-0.05, 0) is 43.6 Å². The lowest BCUT2D eigenvalue weighted by Crippen LogP contribution is -2.44. The Morgan fingerprint density at radius 1 is 1.44 bits per heavy atom. The molecule has 3 N–H and O–H groups in total. The number of anilines is 1. The van der Waals surface area contributed by atoms with Crippen LogP contribution in [0.2, 0.25) is 5.22 Å². The molecule has 0 spiro atoms. The van der Waals surface area contributed by atoms with Gasteiger partial charge in [0.05, 0.1) is 0 Å². The summed E-state index contributed by atoms with van der Waals surface area (Å²) in [7, 11) is 0. The second-order valence-corrected chi connectivity index (χ2v) is 4.10. The molecule has 0 aromatic carbocycles. The maximum Gasteiger partial charge on any atom is 0.321 e. The first-order valence-corrected chi connectivity index (χ1v) is 5.65. The summed E-state index contributed by atoms with van der Waals surface area (Å²) in [5, 5.41) is 8.97. The highest BCUT2D eigenvalue weighted by Crippen LogP contribution is 2.17. The van der Waals surface area contributed by atoms with E-state index in [-0.39, 0.29) is 17.3 Å². The molecule has 2 rings (SSSR count). The van der Waals surface area contributed by atoms with Crippen molar-refractivity contribution < 1.29 is 9.21 Å². The molecule has 1 saturated heterocycles. The van der Waals surface area contributed by atoms with Crippen LogP contribution in [0, 0.1) is 0 Å². The number of nitrogens with one attached hydrogen (secondary N) is 3. The summed E-state index contributed by atoms with van der Waals surface area (Å²) < 4.78 is 5.02. The van der Waals surface area contributed by atoms with E-state index in [1.807, 2.05) is 0 Å². The number of carbonyl (C=O) groups is 1. The van der Waals surface area contributed by atoms with Gasteiger partial charge in [-0.1, -0.05) is 0 Å². The molecule has 1 aromatic rings. The van der Waals surface area contributed by atoms with Gasteiger partial charge in [0.15, 0.2) is 5.22 Å². The highest BCUT2D eigenvalue weighted by molar-refractivity contribution is 6.29. The molecule has 0 bridgehead atoms. The summed E-state index contributed by atoms with van der Waals surface area (Å²) in [5.74, 6) is 0.358. The van der Waals surface area contributed by atoms with Crippen molar-refractivity contribution in [2.45, 2.75) is 18.9 Å². The maximum atomic E-state index is 11.5. The fourth-order valence-corrected chi connectivity index (χ4v) is 1.83. The zero-order valence-corrected chi connectivity index (χ0v) is 9.51. The Bertz CT molecular complexity index is 361. The Morgan fingerprint density at radius 2 is 2.19 bits per heavy atom. The van der Waals surface area contributed by atoms with E-state index < -0.39 is 0 Å². The highest BCUT2D eigenvalue weighted by atomic mass is 35.5. The van der Waals surface area contributed by atoms with Crippen molar-refractivity contribution in [2.75, 3.05) is 18.4 Å². The molecular weight excluding hydrogens is 230 g/mol. The third-order valence-corrected chi connectivity index (χ3v) is 2.69. The van der Waals surface area contributed by atoms with Gasteiger partial charge in [-0.2, -0.15) is 0 Å². The second kappa shape index (κ2) is 5.23. The number of piperidine rings is 1. The molecule has 2 heterocycles. The fourth-order valence-electron chi connectivity index (χ4n) is 1.68. The van der Waals surface area contributed by atoms with Crippen LogP contribution in [-0.2, 0) is 0 Å². The molecule has 0 atom stereocenters. The van der Waals surface area contributed by atoms with E-state index in [0.29, 0.717) is 5.88 Å². The van der Waals surface area contributed by atoms with Crippen molar-refractivity contribution in [1.82, 2.24) is 10.6 Å². The summed E-state index contributed by atoms with van der Waals surface area (Å²) in [4.78, 5) is 11.5. The number of hydrogen-bond acceptors (Lipinski definition) is 3. The van der Waals surface area contributed by atoms with Crippen molar-refractivity contribution >= 4 is 23.5 Å². The number of carbonyl (C=O) groups excluding carboxylic acids is 1. The molecule has 88 valence electrons. The number of urea groups is 1. The van der Waals surface area contributed by atoms with E-state index >= 15 is 0 Å². The van der Waals surface area contributed by atoms with Crippen molar-refractivity contribution in [1.29, 1.82) is 0 Å². The van der Waals surface area contributed by atoms with Crippen LogP contribution >= 0.6 is 11.6 Å². The van der Waals surface area contributed by atoms with Crippen molar-refractivity contribution in [3.05, 3.63) is 17.4 Å². The van der Waals surface area contributed by atoms with Gasteiger partial charge in [-0.25, -0.2) is 4.79 Å². The third kappa shape index (κ3) is 3.15. The van der Waals surface area contributed by atoms with Crippen LogP contribution in [0.5, 0.6) is 0 Å². The molecule has 6 heteroatoms. The zero-order valence-electron chi connectivity index (χ0n) is 8.75. The van der Waals surface area contributed by atoms with Gasteiger partial charge in [0.25, 0.3) is 0 Å². The second-order valence-electron chi connectivity index (χ2n) is 3.73. The monoisotopic (exact) mass is 243 g/mol. The molecule has 0 saturated carbocycles. The van der Waals surface area contributed by atoms with Gasteiger partial charge in [0.2, 0.25) is 5.88 Å². The van der Waals surface area contributed by atoms with Crippen molar-refractivity contribution in [3.8, 4) is 0 Å². The smallest absolute Gasteiger partial charge is 0.321 e. The molecule has 0 radical (unpaired) electrons. The summed E-state index contributed by atoms with van der Waals surface area (Å²) >= 11 is 5.59. The summed E-state index contributed by atoms with van der Waals surface area (Å²) in [6.07, 6.45) is 1.90. The Hall–Kier alpha value is -1.20. The Balaban J connectivity index is 1.79. The average molecular weight is 244 g/mol. The predicted octanol–water partition coefficient (Wildman–Crippen LogP) is 1.81. The van der Waals surface area contributed by atoms with Crippen LogP contribution < -0.4 is 16.0 Å². The number of furan rings is 1. The lowest BCUT2D eigenvalue weighted by molar-refractivity contribution is 0.244. The molecule has 16 heavy (non-hydrogen) atoms. The highest BCUT2D eigenvalue weighted by Gasteiger charge is 2.15. The van der Waals surface area contributed by atoms with Crippen molar-refractivity contribution in [2.24, 2.45) is 0 Å². The number of hydrogen-bond donors (Lipinski definition) is 3. The zero-order chi connectivity index (χ0) is 11.4. The van der Waals surface area contributed by atoms with Crippen molar-refractivity contribution in [3.63, 3.8) is 0 Å². The molecule has 0 unspecified atom stereocenters. The van der Waals surface area contributed by atoms with E-state index in [0.717, 1.165) is 25.9 Å². The van der Waals surface area contributed by atoms with Gasteiger partial charge in [-0.15, -0.1) is 0 Å². The summed E-state index contributed by atoms with van der Waals surface area (Å²) in [6.45, 7) is 1.88. The van der Waals surface area contributed by atoms with E-state index in [4.69, 9.17) is 16.0 Å². The predicted molar refractivity (Wildman–Crippen MR) is 61.8 cm³/mol. The summed E-state index contributed by atoms with van der Waals surface area (Å²) in [6, 6.07) is 3.18. The normalized spacial score (nSPS) is 17.1. The van der Waals surface area contributed by atoms with E-state index in [1.54, 1.807) is 12.1 Å². The molecule has 2 amide bonds. The topological polar surface area (TPSA) is 66.3 Å². The van der Waals surface area contributed by atoms with Gasteiger partial charge in [0.1, 0.15) is 0 Å². The van der Waals surface area contributed by atoms with Crippen LogP contribution in [0.25, 0.3) is 0 Å². The summed E-state index contributed by atoms with van der Waals surface area (Å²) in [5.41, 5.74) is 0. The molecule has 5 nitrogen and oxygen atoms in total. The Labute approximate surface area is 98.5 Å². The quantitative estimate of drug-likeness (QED) is 0.742. The third-order valence-electron chi connectivity index (χ3n) is 2.48. The molecule has 0 aliphatic carbocycles. The first-order valence-electron chi connectivity index (χ1n) is 5.27. The van der Waals surface area contributed by atoms with Gasteiger partial charge < -0.3 is 15.1 Å². The maximum absolute atomic E-state index is 11.5. The number of halogens is 1. The van der Waals surface area contributed by atoms with E-state index in [1.165, 1.54) is 0 Å². The molecule has 1 aliphatic rings. The van der Waals surface area contributed by atoms with Gasteiger partial charge in [0, 0.05) is 12.1 Å². The standard InChI is InChI=1S/C10H14ClN3O2/c11-8-1-2-9(16-8)14-10(15)13-7-3-5-12-6-4-7/h1-2,7,12H,3-6H2,(H2,13,14,15). The largest absolute Gasteiger partial charge is 0.429 e. The Morgan fingerprint density at radius 3 is 2.81 bits per heavy atom. The molecular formula is C10H14ClN3O2. The molecule has 1 fully saturated rings. The minimum Gasteiger partial charge on any atom is -0.429 e.